The molecule has 0 aliphatic heterocycles. The smallest absolute Gasteiger partial charge is 0.337 e. The van der Waals surface area contributed by atoms with Crippen molar-refractivity contribution in [3.05, 3.63) is 46.2 Å². The molecule has 1 aromatic heterocycles. The van der Waals surface area contributed by atoms with Crippen molar-refractivity contribution >= 4 is 33.6 Å². The second kappa shape index (κ2) is 6.40. The Morgan fingerprint density at radius 1 is 1.38 bits per heavy atom. The molecule has 0 unspecified atom stereocenters. The molecule has 0 aliphatic rings. The lowest BCUT2D eigenvalue weighted by Crippen LogP contribution is -2.29. The Kier molecular flexibility index (Phi) is 4.59. The van der Waals surface area contributed by atoms with Gasteiger partial charge in [0.1, 0.15) is 0 Å². The molecule has 110 valence electrons. The fraction of sp³-hybridized carbons (Fsp3) is 0.154. The maximum atomic E-state index is 11.9. The van der Waals surface area contributed by atoms with Crippen molar-refractivity contribution in [3.8, 4) is 0 Å². The van der Waals surface area contributed by atoms with Gasteiger partial charge in [-0.05, 0) is 34.1 Å². The van der Waals surface area contributed by atoms with Gasteiger partial charge in [-0.1, -0.05) is 6.07 Å². The molecule has 0 fully saturated rings. The number of aryl methyl sites for hydroxylation is 1. The van der Waals surface area contributed by atoms with Crippen LogP contribution >= 0.6 is 15.9 Å². The van der Waals surface area contributed by atoms with E-state index in [1.165, 1.54) is 6.07 Å². The molecule has 7 nitrogen and oxygen atoms in total. The van der Waals surface area contributed by atoms with E-state index in [0.29, 0.717) is 4.47 Å². The second-order valence-electron chi connectivity index (χ2n) is 4.22. The molecule has 0 saturated carbocycles. The van der Waals surface area contributed by atoms with Gasteiger partial charge in [-0.2, -0.15) is 5.10 Å². The van der Waals surface area contributed by atoms with Crippen LogP contribution in [0.3, 0.4) is 0 Å². The van der Waals surface area contributed by atoms with Crippen LogP contribution in [0.4, 0.5) is 10.5 Å². The second-order valence-corrected chi connectivity index (χ2v) is 5.08. The van der Waals surface area contributed by atoms with E-state index in [1.807, 2.05) is 0 Å². The van der Waals surface area contributed by atoms with Crippen LogP contribution in [0.2, 0.25) is 0 Å². The zero-order valence-electron chi connectivity index (χ0n) is 11.1. The highest BCUT2D eigenvalue weighted by Gasteiger charge is 2.15. The molecular formula is C13H13BrN4O3. The Labute approximate surface area is 129 Å². The number of aromatic nitrogens is 2. The number of aromatic carboxylic acids is 1. The maximum absolute atomic E-state index is 11.9. The van der Waals surface area contributed by atoms with Crippen molar-refractivity contribution in [1.29, 1.82) is 0 Å². The highest BCUT2D eigenvalue weighted by atomic mass is 79.9. The summed E-state index contributed by atoms with van der Waals surface area (Å²) in [7, 11) is 1.77. The number of anilines is 1. The number of nitrogens with one attached hydrogen (secondary N) is 2. The number of rotatable bonds is 4. The van der Waals surface area contributed by atoms with E-state index in [2.05, 4.69) is 31.7 Å². The number of carboxylic acids is 1. The van der Waals surface area contributed by atoms with Crippen molar-refractivity contribution < 1.29 is 14.7 Å². The first-order chi connectivity index (χ1) is 9.99. The highest BCUT2D eigenvalue weighted by Crippen LogP contribution is 2.26. The van der Waals surface area contributed by atoms with Crippen LogP contribution < -0.4 is 10.6 Å². The Hall–Kier alpha value is -2.35. The molecule has 0 spiro atoms. The zero-order chi connectivity index (χ0) is 15.4. The van der Waals surface area contributed by atoms with E-state index in [0.717, 1.165) is 5.69 Å². The summed E-state index contributed by atoms with van der Waals surface area (Å²) in [6.45, 7) is 0.287. The Balaban J connectivity index is 2.06. The number of para-hydroxylation sites is 1. The van der Waals surface area contributed by atoms with Gasteiger partial charge in [0.2, 0.25) is 0 Å². The van der Waals surface area contributed by atoms with E-state index in [4.69, 9.17) is 5.11 Å². The summed E-state index contributed by atoms with van der Waals surface area (Å²) in [6.07, 6.45) is 1.63. The summed E-state index contributed by atoms with van der Waals surface area (Å²) in [5.74, 6) is -1.11. The van der Waals surface area contributed by atoms with Crippen molar-refractivity contribution in [3.63, 3.8) is 0 Å². The summed E-state index contributed by atoms with van der Waals surface area (Å²) in [4.78, 5) is 23.0. The summed E-state index contributed by atoms with van der Waals surface area (Å²) in [6, 6.07) is 5.95. The predicted molar refractivity (Wildman–Crippen MR) is 80.2 cm³/mol. The minimum atomic E-state index is -1.11. The van der Waals surface area contributed by atoms with E-state index < -0.39 is 12.0 Å². The third-order valence-corrected chi connectivity index (χ3v) is 3.50. The number of carbonyl (C=O) groups excluding carboxylic acids is 1. The SMILES string of the molecule is Cn1nccc1CNC(=O)Nc1c(Br)cccc1C(=O)O. The Morgan fingerprint density at radius 3 is 2.76 bits per heavy atom. The number of amides is 2. The fourth-order valence-electron chi connectivity index (χ4n) is 1.73. The minimum Gasteiger partial charge on any atom is -0.478 e. The van der Waals surface area contributed by atoms with Crippen LogP contribution in [-0.4, -0.2) is 26.9 Å². The number of carbonyl (C=O) groups is 2. The highest BCUT2D eigenvalue weighted by molar-refractivity contribution is 9.10. The lowest BCUT2D eigenvalue weighted by Gasteiger charge is -2.11. The molecule has 0 aliphatic carbocycles. The number of urea groups is 1. The van der Waals surface area contributed by atoms with Gasteiger partial charge in [-0.3, -0.25) is 4.68 Å². The van der Waals surface area contributed by atoms with Crippen LogP contribution in [0.15, 0.2) is 34.9 Å². The third-order valence-electron chi connectivity index (χ3n) is 2.84. The van der Waals surface area contributed by atoms with Gasteiger partial charge in [0, 0.05) is 17.7 Å². The third kappa shape index (κ3) is 3.60. The van der Waals surface area contributed by atoms with E-state index in [1.54, 1.807) is 36.1 Å². The fourth-order valence-corrected chi connectivity index (χ4v) is 2.20. The van der Waals surface area contributed by atoms with Crippen molar-refractivity contribution in [2.45, 2.75) is 6.54 Å². The van der Waals surface area contributed by atoms with Gasteiger partial charge < -0.3 is 15.7 Å². The number of benzene rings is 1. The first-order valence-electron chi connectivity index (χ1n) is 6.02. The summed E-state index contributed by atoms with van der Waals surface area (Å²) < 4.78 is 2.14. The molecular weight excluding hydrogens is 340 g/mol. The molecule has 21 heavy (non-hydrogen) atoms. The van der Waals surface area contributed by atoms with Crippen LogP contribution in [0, 0.1) is 0 Å². The quantitative estimate of drug-likeness (QED) is 0.785. The average molecular weight is 353 g/mol. The topological polar surface area (TPSA) is 96.3 Å². The molecule has 0 radical (unpaired) electrons. The van der Waals surface area contributed by atoms with Crippen LogP contribution in [-0.2, 0) is 13.6 Å². The van der Waals surface area contributed by atoms with Crippen molar-refractivity contribution in [2.24, 2.45) is 7.05 Å². The number of hydrogen-bond donors (Lipinski definition) is 3. The molecule has 1 aromatic carbocycles. The zero-order valence-corrected chi connectivity index (χ0v) is 12.7. The maximum Gasteiger partial charge on any atom is 0.337 e. The molecule has 2 amide bonds. The van der Waals surface area contributed by atoms with Crippen molar-refractivity contribution in [2.75, 3.05) is 5.32 Å². The van der Waals surface area contributed by atoms with Gasteiger partial charge >= 0.3 is 12.0 Å². The monoisotopic (exact) mass is 352 g/mol. The molecule has 1 heterocycles. The van der Waals surface area contributed by atoms with E-state index in [9.17, 15) is 9.59 Å². The first-order valence-corrected chi connectivity index (χ1v) is 6.82. The van der Waals surface area contributed by atoms with Crippen molar-refractivity contribution in [1.82, 2.24) is 15.1 Å². The van der Waals surface area contributed by atoms with Crippen LogP contribution in [0.1, 0.15) is 16.1 Å². The van der Waals surface area contributed by atoms with Gasteiger partial charge in [-0.15, -0.1) is 0 Å². The number of carboxylic acid groups (broad SMARTS) is 1. The van der Waals surface area contributed by atoms with Crippen LogP contribution in [0.25, 0.3) is 0 Å². The van der Waals surface area contributed by atoms with Gasteiger partial charge in [0.25, 0.3) is 0 Å². The lowest BCUT2D eigenvalue weighted by atomic mass is 10.2. The molecule has 0 saturated heterocycles. The normalized spacial score (nSPS) is 10.2. The minimum absolute atomic E-state index is 0.0139. The predicted octanol–water partition coefficient (Wildman–Crippen LogP) is 2.20. The molecule has 0 bridgehead atoms. The van der Waals surface area contributed by atoms with E-state index >= 15 is 0 Å². The first kappa shape index (κ1) is 15.0. The Bertz CT molecular complexity index is 684. The molecule has 8 heteroatoms. The number of halogens is 1. The molecule has 2 rings (SSSR count). The number of hydrogen-bond acceptors (Lipinski definition) is 3. The molecule has 2 aromatic rings. The summed E-state index contributed by atoms with van der Waals surface area (Å²) >= 11 is 3.23. The van der Waals surface area contributed by atoms with Gasteiger partial charge in [0.15, 0.2) is 0 Å². The standard InChI is InChI=1S/C13H13BrN4O3/c1-18-8(5-6-16-18)7-15-13(21)17-11-9(12(19)20)3-2-4-10(11)14/h2-6H,7H2,1H3,(H,19,20)(H2,15,17,21). The van der Waals surface area contributed by atoms with Crippen LogP contribution in [0.5, 0.6) is 0 Å². The molecule has 3 N–H and O–H groups in total. The van der Waals surface area contributed by atoms with Gasteiger partial charge in [0.05, 0.1) is 23.5 Å². The van der Waals surface area contributed by atoms with E-state index in [-0.39, 0.29) is 17.8 Å². The summed E-state index contributed by atoms with van der Waals surface area (Å²) in [5, 5.41) is 18.3. The Morgan fingerprint density at radius 2 is 2.14 bits per heavy atom. The largest absolute Gasteiger partial charge is 0.478 e. The average Bonchev–Trinajstić information content (AvgIpc) is 2.84. The van der Waals surface area contributed by atoms with Gasteiger partial charge in [-0.25, -0.2) is 9.59 Å². The lowest BCUT2D eigenvalue weighted by molar-refractivity contribution is 0.0698. The summed E-state index contributed by atoms with van der Waals surface area (Å²) in [5.41, 5.74) is 1.06. The number of nitrogens with zero attached hydrogens (tertiary/aromatic N) is 2. The molecule has 0 atom stereocenters.